The number of carbonyl (C=O) groups excluding carboxylic acids is 2. The van der Waals surface area contributed by atoms with Gasteiger partial charge in [-0.15, -0.1) is 5.75 Å². The molecule has 1 aromatic carbocycles. The molecule has 4 aromatic heterocycles. The summed E-state index contributed by atoms with van der Waals surface area (Å²) in [6.07, 6.45) is 0. The summed E-state index contributed by atoms with van der Waals surface area (Å²) in [6.45, 7) is 4.09. The molecule has 238 valence electrons. The molecule has 0 atom stereocenters. The van der Waals surface area contributed by atoms with Crippen molar-refractivity contribution in [1.82, 2.24) is 15.0 Å². The number of carboxylic acid groups (broad SMARTS) is 4. The Hall–Kier alpha value is -5.68. The zero-order chi connectivity index (χ0) is 31.1. The number of aromatic carboxylic acids is 4. The quantitative estimate of drug-likeness (QED) is 0.129. The number of pyridine rings is 4. The van der Waals surface area contributed by atoms with E-state index in [1.54, 1.807) is 0 Å². The van der Waals surface area contributed by atoms with Crippen molar-refractivity contribution in [3.8, 4) is 11.5 Å². The predicted octanol–water partition coefficient (Wildman–Crippen LogP) is -2.59. The third-order valence-corrected chi connectivity index (χ3v) is 5.33. The van der Waals surface area contributed by atoms with Crippen LogP contribution in [-0.4, -0.2) is 70.6 Å². The minimum absolute atomic E-state index is 0. The van der Waals surface area contributed by atoms with Gasteiger partial charge in [0.25, 0.3) is 0 Å². The van der Waals surface area contributed by atoms with Gasteiger partial charge < -0.3 is 56.7 Å². The van der Waals surface area contributed by atoms with Crippen molar-refractivity contribution in [2.24, 2.45) is 0 Å². The molecule has 17 nitrogen and oxygen atoms in total. The molecular formula is C28H26N4O13Zn. The van der Waals surface area contributed by atoms with Crippen molar-refractivity contribution >= 4 is 45.7 Å². The number of nitrogens with zero attached hydrogens (tertiary/aromatic N) is 3. The van der Waals surface area contributed by atoms with E-state index in [1.165, 1.54) is 10.8 Å². The number of carbonyl (C=O) groups is 4. The predicted molar refractivity (Wildman–Crippen MR) is 148 cm³/mol. The Bertz CT molecular complexity index is 1670. The van der Waals surface area contributed by atoms with E-state index in [0.29, 0.717) is 6.07 Å². The molecule has 0 radical (unpaired) electrons. The second-order valence-electron chi connectivity index (χ2n) is 8.55. The first-order chi connectivity index (χ1) is 19.7. The first-order valence-corrected chi connectivity index (χ1v) is 11.7. The summed E-state index contributed by atoms with van der Waals surface area (Å²) >= 11 is 0. The Kier molecular flexibility index (Phi) is 16.8. The first kappa shape index (κ1) is 42.5. The number of H-pyrrole nitrogens is 1. The van der Waals surface area contributed by atoms with Crippen LogP contribution in [0.5, 0.6) is 11.5 Å². The van der Waals surface area contributed by atoms with Crippen LogP contribution >= 0.6 is 0 Å². The minimum Gasteiger partial charge on any atom is -0.872 e. The van der Waals surface area contributed by atoms with Gasteiger partial charge in [-0.3, -0.25) is 0 Å². The van der Waals surface area contributed by atoms with Crippen molar-refractivity contribution < 1.29 is 90.7 Å². The van der Waals surface area contributed by atoms with Gasteiger partial charge in [0.15, 0.2) is 11.4 Å². The zero-order valence-corrected chi connectivity index (χ0v) is 27.0. The molecule has 0 unspecified atom stereocenters. The van der Waals surface area contributed by atoms with Gasteiger partial charge in [-0.05, 0) is 37.3 Å². The van der Waals surface area contributed by atoms with Crippen LogP contribution in [0.25, 0.3) is 21.8 Å². The van der Waals surface area contributed by atoms with Gasteiger partial charge in [-0.25, -0.2) is 29.5 Å². The Balaban J connectivity index is 0. The van der Waals surface area contributed by atoms with Crippen LogP contribution in [-0.2, 0) is 19.5 Å². The monoisotopic (exact) mass is 690 g/mol. The van der Waals surface area contributed by atoms with Crippen molar-refractivity contribution in [3.63, 3.8) is 0 Å². The standard InChI is InChI=1S/C14H12N2.2C7H5NO5.3H2O.Zn/c1-9-3-5-11-7-8-12-6-4-10(2)16-14(12)13(11)15-9;2*9-3-1-4(6(10)11)8-5(2-3)7(12)13;;;;/h3-8H,1-2H3;2*1-2H,(H,8,9)(H,10,11)(H,12,13);3*1H2;/q;;;;;;+2/p-2. The van der Waals surface area contributed by atoms with Gasteiger partial charge in [0.05, 0.1) is 23.3 Å². The minimum atomic E-state index is -1.68. The summed E-state index contributed by atoms with van der Waals surface area (Å²) < 4.78 is 0. The molecule has 0 spiro atoms. The first-order valence-electron chi connectivity index (χ1n) is 11.7. The summed E-state index contributed by atoms with van der Waals surface area (Å²) in [5.74, 6) is -7.41. The molecule has 0 bridgehead atoms. The Morgan fingerprint density at radius 2 is 1.11 bits per heavy atom. The van der Waals surface area contributed by atoms with E-state index in [1.807, 2.05) is 13.0 Å². The molecule has 0 aliphatic heterocycles. The summed E-state index contributed by atoms with van der Waals surface area (Å²) in [7, 11) is 0. The maximum Gasteiger partial charge on any atom is 2.00 e. The molecule has 0 fully saturated rings. The molecule has 10 N–H and O–H groups in total. The fourth-order valence-corrected chi connectivity index (χ4v) is 3.48. The number of aromatic hydroxyl groups is 1. The second-order valence-corrected chi connectivity index (χ2v) is 8.55. The number of fused-ring (bicyclic) bond motifs is 3. The molecule has 5 aromatic rings. The van der Waals surface area contributed by atoms with E-state index in [9.17, 15) is 34.5 Å². The van der Waals surface area contributed by atoms with Crippen LogP contribution in [0.4, 0.5) is 0 Å². The van der Waals surface area contributed by atoms with Gasteiger partial charge in [0, 0.05) is 41.6 Å². The summed E-state index contributed by atoms with van der Waals surface area (Å²) in [5, 5.41) is 59.3. The van der Waals surface area contributed by atoms with Crippen molar-refractivity contribution in [2.45, 2.75) is 13.8 Å². The third-order valence-electron chi connectivity index (χ3n) is 5.33. The van der Waals surface area contributed by atoms with Crippen molar-refractivity contribution in [2.75, 3.05) is 0 Å². The molecule has 18 heteroatoms. The fraction of sp³-hybridized carbons (Fsp3) is 0.0714. The van der Waals surface area contributed by atoms with Gasteiger partial charge in [0.1, 0.15) is 17.0 Å². The molecule has 0 aliphatic rings. The molecule has 0 saturated carbocycles. The largest absolute Gasteiger partial charge is 2.00 e. The van der Waals surface area contributed by atoms with Crippen LogP contribution in [0.1, 0.15) is 53.3 Å². The summed E-state index contributed by atoms with van der Waals surface area (Å²) in [4.78, 5) is 55.5. The number of hydrogen-bond acceptors (Lipinski definition) is 11. The van der Waals surface area contributed by atoms with Gasteiger partial charge >= 0.3 is 31.4 Å². The molecule has 0 saturated heterocycles. The van der Waals surface area contributed by atoms with E-state index < -0.39 is 58.2 Å². The molecule has 0 aliphatic carbocycles. The Morgan fingerprint density at radius 3 is 1.65 bits per heavy atom. The molecule has 5 rings (SSSR count). The summed E-state index contributed by atoms with van der Waals surface area (Å²) in [5.41, 5.74) is 1.95. The van der Waals surface area contributed by atoms with Gasteiger partial charge in [0.2, 0.25) is 5.52 Å². The number of benzene rings is 1. The summed E-state index contributed by atoms with van der Waals surface area (Å²) in [6, 6.07) is 15.7. The van der Waals surface area contributed by atoms with Crippen molar-refractivity contribution in [1.29, 1.82) is 0 Å². The SMILES string of the molecule is Cc1ccc2ccc3ccc(C)[nH+]c3c2n1.O.O.O.O=C([O-])c1cc(O)cc(C(=O)O)n1.O=C([O-])c1cc([O-])cc(C(=O)O)n1.[Zn+2]. The van der Waals surface area contributed by atoms with E-state index in [0.717, 1.165) is 40.6 Å². The van der Waals surface area contributed by atoms with E-state index >= 15 is 0 Å². The normalized spacial score (nSPS) is 9.26. The number of aromatic nitrogens is 4. The molecule has 0 amide bonds. The number of nitrogens with one attached hydrogen (secondary N) is 1. The second kappa shape index (κ2) is 18.2. The average Bonchev–Trinajstić information content (AvgIpc) is 2.93. The van der Waals surface area contributed by atoms with Crippen LogP contribution < -0.4 is 20.3 Å². The average molecular weight is 692 g/mol. The van der Waals surface area contributed by atoms with Crippen LogP contribution in [0.3, 0.4) is 0 Å². The molecule has 4 heterocycles. The molecular weight excluding hydrogens is 666 g/mol. The third kappa shape index (κ3) is 11.1. The number of aromatic amines is 1. The Morgan fingerprint density at radius 1 is 0.674 bits per heavy atom. The van der Waals surface area contributed by atoms with E-state index in [2.05, 4.69) is 57.2 Å². The molecule has 46 heavy (non-hydrogen) atoms. The number of carboxylic acids is 4. The topological polar surface area (TPSA) is 345 Å². The number of hydrogen-bond donors (Lipinski definition) is 3. The van der Waals surface area contributed by atoms with Crippen LogP contribution in [0.2, 0.25) is 0 Å². The smallest absolute Gasteiger partial charge is 0.872 e. The zero-order valence-electron chi connectivity index (χ0n) is 24.0. The van der Waals surface area contributed by atoms with Crippen molar-refractivity contribution in [3.05, 3.63) is 94.8 Å². The van der Waals surface area contributed by atoms with E-state index in [-0.39, 0.29) is 35.9 Å². The number of aryl methyl sites for hydroxylation is 2. The maximum absolute atomic E-state index is 10.7. The van der Waals surface area contributed by atoms with Crippen LogP contribution in [0, 0.1) is 13.8 Å². The van der Waals surface area contributed by atoms with Gasteiger partial charge in [-0.1, -0.05) is 12.1 Å². The van der Waals surface area contributed by atoms with Gasteiger partial charge in [-0.2, -0.15) is 0 Å². The maximum atomic E-state index is 10.7. The Labute approximate surface area is 271 Å². The van der Waals surface area contributed by atoms with Crippen LogP contribution in [0.15, 0.2) is 60.7 Å². The fourth-order valence-electron chi connectivity index (χ4n) is 3.48. The van der Waals surface area contributed by atoms with E-state index in [4.69, 9.17) is 15.3 Å². The number of rotatable bonds is 4.